The molecule has 0 aromatic heterocycles. The van der Waals surface area contributed by atoms with Gasteiger partial charge in [0.1, 0.15) is 0 Å². The summed E-state index contributed by atoms with van der Waals surface area (Å²) in [5.74, 6) is 0.653. The van der Waals surface area contributed by atoms with Crippen molar-refractivity contribution in [1.29, 1.82) is 0 Å². The first-order valence-corrected chi connectivity index (χ1v) is 8.77. The van der Waals surface area contributed by atoms with Crippen LogP contribution in [0.4, 0.5) is 11.4 Å². The monoisotopic (exact) mass is 297 g/mol. The molecule has 1 aromatic rings. The number of hydrogen-bond acceptors (Lipinski definition) is 5. The Bertz CT molecular complexity index is 564. The number of piperidine rings is 1. The van der Waals surface area contributed by atoms with Gasteiger partial charge < -0.3 is 16.0 Å². The largest absolute Gasteiger partial charge is 0.397 e. The van der Waals surface area contributed by atoms with E-state index in [0.29, 0.717) is 11.6 Å². The van der Waals surface area contributed by atoms with Crippen molar-refractivity contribution in [2.45, 2.75) is 17.7 Å². The predicted molar refractivity (Wildman–Crippen MR) is 82.7 cm³/mol. The van der Waals surface area contributed by atoms with E-state index in [9.17, 15) is 8.42 Å². The van der Waals surface area contributed by atoms with Gasteiger partial charge in [-0.05, 0) is 57.1 Å². The van der Waals surface area contributed by atoms with Crippen LogP contribution in [0, 0.1) is 5.92 Å². The van der Waals surface area contributed by atoms with E-state index in [0.717, 1.165) is 25.3 Å². The molecule has 1 fully saturated rings. The van der Waals surface area contributed by atoms with Crippen LogP contribution in [0.15, 0.2) is 23.1 Å². The topological polar surface area (TPSA) is 75.4 Å². The van der Waals surface area contributed by atoms with Crippen LogP contribution in [-0.2, 0) is 9.84 Å². The molecular formula is C14H23N3O2S. The minimum absolute atomic E-state index is 0.264. The molecule has 1 aromatic carbocycles. The van der Waals surface area contributed by atoms with E-state index in [-0.39, 0.29) is 4.90 Å². The summed E-state index contributed by atoms with van der Waals surface area (Å²) in [6.07, 6.45) is 3.56. The van der Waals surface area contributed by atoms with Crippen molar-refractivity contribution in [2.75, 3.05) is 44.0 Å². The van der Waals surface area contributed by atoms with Crippen LogP contribution in [-0.4, -0.2) is 46.3 Å². The molecule has 0 amide bonds. The Hall–Kier alpha value is -1.27. The summed E-state index contributed by atoms with van der Waals surface area (Å²) < 4.78 is 22.9. The van der Waals surface area contributed by atoms with Gasteiger partial charge in [-0.1, -0.05) is 0 Å². The highest BCUT2D eigenvalue weighted by Gasteiger charge is 2.17. The van der Waals surface area contributed by atoms with Crippen molar-refractivity contribution in [1.82, 2.24) is 4.90 Å². The number of nitrogens with one attached hydrogen (secondary N) is 1. The van der Waals surface area contributed by atoms with Crippen LogP contribution in [0.1, 0.15) is 12.8 Å². The molecule has 0 radical (unpaired) electrons. The number of sulfone groups is 1. The molecule has 0 spiro atoms. The molecule has 5 nitrogen and oxygen atoms in total. The first-order chi connectivity index (χ1) is 9.36. The molecule has 0 atom stereocenters. The summed E-state index contributed by atoms with van der Waals surface area (Å²) >= 11 is 0. The molecule has 112 valence electrons. The zero-order valence-electron chi connectivity index (χ0n) is 12.1. The fraction of sp³-hybridized carbons (Fsp3) is 0.571. The summed E-state index contributed by atoms with van der Waals surface area (Å²) in [5.41, 5.74) is 7.22. The Labute approximate surface area is 121 Å². The summed E-state index contributed by atoms with van der Waals surface area (Å²) in [5, 5.41) is 3.34. The molecule has 3 N–H and O–H groups in total. The summed E-state index contributed by atoms with van der Waals surface area (Å²) in [6.45, 7) is 3.15. The molecule has 0 aliphatic carbocycles. The molecule has 20 heavy (non-hydrogen) atoms. The zero-order chi connectivity index (χ0) is 14.8. The van der Waals surface area contributed by atoms with E-state index in [4.69, 9.17) is 5.73 Å². The number of hydrogen-bond donors (Lipinski definition) is 2. The van der Waals surface area contributed by atoms with Crippen LogP contribution >= 0.6 is 0 Å². The molecule has 6 heteroatoms. The minimum atomic E-state index is -3.20. The van der Waals surface area contributed by atoms with Crippen molar-refractivity contribution in [2.24, 2.45) is 5.92 Å². The van der Waals surface area contributed by atoms with Crippen molar-refractivity contribution < 1.29 is 8.42 Å². The van der Waals surface area contributed by atoms with Gasteiger partial charge in [0.2, 0.25) is 0 Å². The molecule has 0 bridgehead atoms. The van der Waals surface area contributed by atoms with Crippen molar-refractivity contribution in [3.05, 3.63) is 18.2 Å². The van der Waals surface area contributed by atoms with Gasteiger partial charge in [0.25, 0.3) is 0 Å². The van der Waals surface area contributed by atoms with Crippen LogP contribution < -0.4 is 11.1 Å². The Morgan fingerprint density at radius 3 is 2.55 bits per heavy atom. The summed E-state index contributed by atoms with van der Waals surface area (Å²) in [7, 11) is -1.05. The van der Waals surface area contributed by atoms with Gasteiger partial charge in [0.05, 0.1) is 16.3 Å². The maximum absolute atomic E-state index is 11.5. The number of nitrogens with zero attached hydrogens (tertiary/aromatic N) is 1. The fourth-order valence-corrected chi connectivity index (χ4v) is 3.11. The third-order valence-corrected chi connectivity index (χ3v) is 4.98. The van der Waals surface area contributed by atoms with Crippen LogP contribution in [0.25, 0.3) is 0 Å². The number of benzene rings is 1. The van der Waals surface area contributed by atoms with Gasteiger partial charge in [-0.25, -0.2) is 8.42 Å². The Morgan fingerprint density at radius 1 is 1.35 bits per heavy atom. The average molecular weight is 297 g/mol. The van der Waals surface area contributed by atoms with Crippen molar-refractivity contribution in [3.63, 3.8) is 0 Å². The second-order valence-electron chi connectivity index (χ2n) is 5.65. The Kier molecular flexibility index (Phi) is 4.55. The van der Waals surface area contributed by atoms with Gasteiger partial charge in [0.15, 0.2) is 9.84 Å². The summed E-state index contributed by atoms with van der Waals surface area (Å²) in [4.78, 5) is 2.60. The lowest BCUT2D eigenvalue weighted by Gasteiger charge is -2.29. The smallest absolute Gasteiger partial charge is 0.175 e. The molecule has 2 rings (SSSR count). The molecule has 0 saturated carbocycles. The van der Waals surface area contributed by atoms with Crippen LogP contribution in [0.5, 0.6) is 0 Å². The first-order valence-electron chi connectivity index (χ1n) is 6.88. The lowest BCUT2D eigenvalue weighted by molar-refractivity contribution is 0.226. The van der Waals surface area contributed by atoms with Gasteiger partial charge in [-0.15, -0.1) is 0 Å². The second kappa shape index (κ2) is 6.01. The SMILES string of the molecule is CN1CCC(CNc2ccc(S(C)(=O)=O)cc2N)CC1. The second-order valence-corrected chi connectivity index (χ2v) is 7.66. The number of rotatable bonds is 4. The van der Waals surface area contributed by atoms with E-state index in [1.165, 1.54) is 25.2 Å². The lowest BCUT2D eigenvalue weighted by atomic mass is 9.97. The molecule has 0 unspecified atom stereocenters. The van der Waals surface area contributed by atoms with Gasteiger partial charge in [-0.3, -0.25) is 0 Å². The first kappa shape index (κ1) is 15.1. The fourth-order valence-electron chi connectivity index (χ4n) is 2.45. The maximum atomic E-state index is 11.5. The molecular weight excluding hydrogens is 274 g/mol. The molecule has 1 aliphatic heterocycles. The summed E-state index contributed by atoms with van der Waals surface area (Å²) in [6, 6.07) is 4.87. The molecule has 1 heterocycles. The maximum Gasteiger partial charge on any atom is 0.175 e. The number of nitrogens with two attached hydrogens (primary N) is 1. The molecule has 1 aliphatic rings. The van der Waals surface area contributed by atoms with Crippen molar-refractivity contribution >= 4 is 21.2 Å². The third kappa shape index (κ3) is 3.86. The Morgan fingerprint density at radius 2 is 2.00 bits per heavy atom. The zero-order valence-corrected chi connectivity index (χ0v) is 12.9. The third-order valence-electron chi connectivity index (χ3n) is 3.87. The van der Waals surface area contributed by atoms with E-state index in [1.54, 1.807) is 12.1 Å². The van der Waals surface area contributed by atoms with E-state index in [1.807, 2.05) is 0 Å². The normalized spacial score (nSPS) is 18.1. The highest BCUT2D eigenvalue weighted by molar-refractivity contribution is 7.90. The Balaban J connectivity index is 1.97. The number of likely N-dealkylation sites (tertiary alicyclic amines) is 1. The van der Waals surface area contributed by atoms with E-state index >= 15 is 0 Å². The van der Waals surface area contributed by atoms with Crippen LogP contribution in [0.2, 0.25) is 0 Å². The highest BCUT2D eigenvalue weighted by Crippen LogP contribution is 2.24. The highest BCUT2D eigenvalue weighted by atomic mass is 32.2. The molecule has 1 saturated heterocycles. The van der Waals surface area contributed by atoms with Crippen molar-refractivity contribution in [3.8, 4) is 0 Å². The standard InChI is InChI=1S/C14H23N3O2S/c1-17-7-5-11(6-8-17)10-16-14-4-3-12(9-13(14)15)20(2,18)19/h3-4,9,11,16H,5-8,10,15H2,1-2H3. The van der Waals surface area contributed by atoms with E-state index < -0.39 is 9.84 Å². The quantitative estimate of drug-likeness (QED) is 0.822. The number of nitrogen functional groups attached to an aromatic ring is 1. The minimum Gasteiger partial charge on any atom is -0.397 e. The predicted octanol–water partition coefficient (Wildman–Crippen LogP) is 1.43. The van der Waals surface area contributed by atoms with Gasteiger partial charge >= 0.3 is 0 Å². The van der Waals surface area contributed by atoms with E-state index in [2.05, 4.69) is 17.3 Å². The number of anilines is 2. The average Bonchev–Trinajstić information content (AvgIpc) is 2.38. The van der Waals surface area contributed by atoms with Gasteiger partial charge in [0, 0.05) is 12.8 Å². The van der Waals surface area contributed by atoms with Crippen LogP contribution in [0.3, 0.4) is 0 Å². The lowest BCUT2D eigenvalue weighted by Crippen LogP contribution is -2.33. The van der Waals surface area contributed by atoms with Gasteiger partial charge in [-0.2, -0.15) is 0 Å².